The number of halogens is 1. The zero-order valence-electron chi connectivity index (χ0n) is 10.8. The maximum Gasteiger partial charge on any atom is 0.337 e. The molecule has 0 bridgehead atoms. The van der Waals surface area contributed by atoms with Crippen LogP contribution in [0.15, 0.2) is 18.2 Å². The third-order valence-electron chi connectivity index (χ3n) is 2.39. The average Bonchev–Trinajstić information content (AvgIpc) is 2.86. The summed E-state index contributed by atoms with van der Waals surface area (Å²) in [5.41, 5.74) is -0.650. The predicted octanol–water partition coefficient (Wildman–Crippen LogP) is 2.02. The van der Waals surface area contributed by atoms with Gasteiger partial charge in [0.1, 0.15) is 5.56 Å². The van der Waals surface area contributed by atoms with Gasteiger partial charge in [-0.15, -0.1) is 5.10 Å². The van der Waals surface area contributed by atoms with Crippen LogP contribution in [0, 0.1) is 10.1 Å². The minimum atomic E-state index is -0.772. The van der Waals surface area contributed by atoms with Crippen LogP contribution in [-0.4, -0.2) is 32.6 Å². The highest BCUT2D eigenvalue weighted by Gasteiger charge is 2.24. The molecule has 0 aliphatic rings. The molecule has 110 valence electrons. The SMILES string of the molecule is CCOc1n[nH]c(NC(=O)c2c(Cl)cccc2[N+](=O)[O-])n1. The lowest BCUT2D eigenvalue weighted by Gasteiger charge is -2.04. The third kappa shape index (κ3) is 3.26. The van der Waals surface area contributed by atoms with Gasteiger partial charge in [-0.1, -0.05) is 17.7 Å². The van der Waals surface area contributed by atoms with Gasteiger partial charge in [0.15, 0.2) is 0 Å². The van der Waals surface area contributed by atoms with E-state index in [1.807, 2.05) is 0 Å². The van der Waals surface area contributed by atoms with Crippen molar-refractivity contribution in [2.45, 2.75) is 6.92 Å². The lowest BCUT2D eigenvalue weighted by Crippen LogP contribution is -2.15. The monoisotopic (exact) mass is 311 g/mol. The number of benzene rings is 1. The highest BCUT2D eigenvalue weighted by Crippen LogP contribution is 2.26. The topological polar surface area (TPSA) is 123 Å². The van der Waals surface area contributed by atoms with Crippen LogP contribution in [-0.2, 0) is 0 Å². The minimum absolute atomic E-state index is 0.00216. The smallest absolute Gasteiger partial charge is 0.337 e. The van der Waals surface area contributed by atoms with E-state index in [1.54, 1.807) is 6.92 Å². The number of ether oxygens (including phenoxy) is 1. The molecule has 1 amide bonds. The van der Waals surface area contributed by atoms with Crippen LogP contribution in [0.3, 0.4) is 0 Å². The Morgan fingerprint density at radius 2 is 2.33 bits per heavy atom. The zero-order valence-corrected chi connectivity index (χ0v) is 11.5. The first-order chi connectivity index (χ1) is 10.0. The summed E-state index contributed by atoms with van der Waals surface area (Å²) in [4.78, 5) is 26.2. The molecule has 0 spiro atoms. The van der Waals surface area contributed by atoms with Gasteiger partial charge in [0.05, 0.1) is 16.6 Å². The summed E-state index contributed by atoms with van der Waals surface area (Å²) in [5.74, 6) is -0.774. The molecule has 9 nitrogen and oxygen atoms in total. The van der Waals surface area contributed by atoms with Crippen molar-refractivity contribution in [3.05, 3.63) is 38.9 Å². The van der Waals surface area contributed by atoms with E-state index in [1.165, 1.54) is 18.2 Å². The largest absolute Gasteiger partial charge is 0.463 e. The first-order valence-corrected chi connectivity index (χ1v) is 6.20. The van der Waals surface area contributed by atoms with E-state index in [4.69, 9.17) is 16.3 Å². The van der Waals surface area contributed by atoms with Gasteiger partial charge in [-0.05, 0) is 13.0 Å². The van der Waals surface area contributed by atoms with Crippen molar-refractivity contribution in [1.82, 2.24) is 15.2 Å². The number of rotatable bonds is 5. The zero-order chi connectivity index (χ0) is 15.4. The molecule has 2 rings (SSSR count). The Kier molecular flexibility index (Phi) is 4.33. The Balaban J connectivity index is 2.25. The van der Waals surface area contributed by atoms with Crippen molar-refractivity contribution < 1.29 is 14.5 Å². The van der Waals surface area contributed by atoms with Crippen molar-refractivity contribution in [1.29, 1.82) is 0 Å². The molecule has 0 fully saturated rings. The average molecular weight is 312 g/mol. The van der Waals surface area contributed by atoms with Gasteiger partial charge in [0, 0.05) is 6.07 Å². The Bertz CT molecular complexity index is 687. The van der Waals surface area contributed by atoms with Crippen LogP contribution in [0.2, 0.25) is 5.02 Å². The second-order valence-electron chi connectivity index (χ2n) is 3.74. The lowest BCUT2D eigenvalue weighted by molar-refractivity contribution is -0.385. The number of carbonyl (C=O) groups is 1. The standard InChI is InChI=1S/C11H10ClN5O4/c1-2-21-11-14-10(15-16-11)13-9(18)8-6(12)4-3-5-7(8)17(19)20/h3-5H,2H2,1H3,(H2,13,14,15,16,18). The molecule has 21 heavy (non-hydrogen) atoms. The molecule has 2 aromatic rings. The predicted molar refractivity (Wildman–Crippen MR) is 73.6 cm³/mol. The van der Waals surface area contributed by atoms with Gasteiger partial charge >= 0.3 is 6.01 Å². The van der Waals surface area contributed by atoms with Crippen molar-refractivity contribution in [3.63, 3.8) is 0 Å². The Hall–Kier alpha value is -2.68. The highest BCUT2D eigenvalue weighted by molar-refractivity contribution is 6.35. The normalized spacial score (nSPS) is 10.2. The number of nitro benzene ring substituents is 1. The van der Waals surface area contributed by atoms with Gasteiger partial charge in [-0.3, -0.25) is 20.2 Å². The molecule has 0 saturated heterocycles. The van der Waals surface area contributed by atoms with Crippen LogP contribution in [0.1, 0.15) is 17.3 Å². The molecular weight excluding hydrogens is 302 g/mol. The van der Waals surface area contributed by atoms with E-state index in [2.05, 4.69) is 20.5 Å². The molecular formula is C11H10ClN5O4. The molecule has 2 N–H and O–H groups in total. The molecule has 0 radical (unpaired) electrons. The third-order valence-corrected chi connectivity index (χ3v) is 2.70. The number of nitrogens with zero attached hydrogens (tertiary/aromatic N) is 3. The number of hydrogen-bond donors (Lipinski definition) is 2. The number of nitro groups is 1. The molecule has 0 aliphatic carbocycles. The van der Waals surface area contributed by atoms with E-state index in [9.17, 15) is 14.9 Å². The summed E-state index contributed by atoms with van der Waals surface area (Å²) in [5, 5.41) is 19.4. The molecule has 10 heteroatoms. The van der Waals surface area contributed by atoms with E-state index < -0.39 is 16.5 Å². The van der Waals surface area contributed by atoms with E-state index >= 15 is 0 Å². The summed E-state index contributed by atoms with van der Waals surface area (Å²) in [6.07, 6.45) is 0. The van der Waals surface area contributed by atoms with Gasteiger partial charge in [0.2, 0.25) is 5.95 Å². The van der Waals surface area contributed by atoms with Crippen molar-refractivity contribution >= 4 is 29.1 Å². The quantitative estimate of drug-likeness (QED) is 0.643. The van der Waals surface area contributed by atoms with E-state index in [-0.39, 0.29) is 22.5 Å². The molecule has 1 aromatic carbocycles. The van der Waals surface area contributed by atoms with Crippen molar-refractivity contribution in [2.75, 3.05) is 11.9 Å². The molecule has 1 heterocycles. The van der Waals surface area contributed by atoms with Crippen molar-refractivity contribution in [2.24, 2.45) is 0 Å². The number of nitrogens with one attached hydrogen (secondary N) is 2. The summed E-state index contributed by atoms with van der Waals surface area (Å²) >= 11 is 5.85. The number of carbonyl (C=O) groups excluding carboxylic acids is 1. The Morgan fingerprint density at radius 3 is 3.00 bits per heavy atom. The number of aromatic amines is 1. The van der Waals surface area contributed by atoms with Gasteiger partial charge < -0.3 is 4.74 Å². The number of amides is 1. The number of aromatic nitrogens is 3. The van der Waals surface area contributed by atoms with Crippen molar-refractivity contribution in [3.8, 4) is 6.01 Å². The van der Waals surface area contributed by atoms with Crippen LogP contribution < -0.4 is 10.1 Å². The number of hydrogen-bond acceptors (Lipinski definition) is 6. The fourth-order valence-electron chi connectivity index (χ4n) is 1.56. The van der Waals surface area contributed by atoms with Gasteiger partial charge in [-0.25, -0.2) is 5.10 Å². The second-order valence-corrected chi connectivity index (χ2v) is 4.15. The first-order valence-electron chi connectivity index (χ1n) is 5.82. The summed E-state index contributed by atoms with van der Waals surface area (Å²) in [6.45, 7) is 2.11. The van der Waals surface area contributed by atoms with Crippen LogP contribution in [0.4, 0.5) is 11.6 Å². The number of H-pyrrole nitrogens is 1. The van der Waals surface area contributed by atoms with Crippen LogP contribution in [0.25, 0.3) is 0 Å². The molecule has 1 aromatic heterocycles. The molecule has 0 unspecified atom stereocenters. The van der Waals surface area contributed by atoms with E-state index in [0.717, 1.165) is 0 Å². The maximum absolute atomic E-state index is 12.1. The van der Waals surface area contributed by atoms with E-state index in [0.29, 0.717) is 6.61 Å². The fourth-order valence-corrected chi connectivity index (χ4v) is 1.81. The van der Waals surface area contributed by atoms with Gasteiger partial charge in [0.25, 0.3) is 11.6 Å². The highest BCUT2D eigenvalue weighted by atomic mass is 35.5. The Labute approximate surface area is 123 Å². The summed E-state index contributed by atoms with van der Waals surface area (Å²) in [6, 6.07) is 4.02. The fraction of sp³-hybridized carbons (Fsp3) is 0.182. The first kappa shape index (κ1) is 14.7. The van der Waals surface area contributed by atoms with Gasteiger partial charge in [-0.2, -0.15) is 4.98 Å². The van der Waals surface area contributed by atoms with Crippen LogP contribution >= 0.6 is 11.6 Å². The maximum atomic E-state index is 12.1. The number of anilines is 1. The lowest BCUT2D eigenvalue weighted by atomic mass is 10.1. The minimum Gasteiger partial charge on any atom is -0.463 e. The molecule has 0 atom stereocenters. The molecule has 0 aliphatic heterocycles. The Morgan fingerprint density at radius 1 is 1.57 bits per heavy atom. The molecule has 0 saturated carbocycles. The summed E-state index contributed by atoms with van der Waals surface area (Å²) < 4.78 is 5.02. The van der Waals surface area contributed by atoms with Crippen LogP contribution in [0.5, 0.6) is 6.01 Å². The second kappa shape index (κ2) is 6.18. The summed E-state index contributed by atoms with van der Waals surface area (Å²) in [7, 11) is 0.